The number of nitrogens with zero attached hydrogens (tertiary/aromatic N) is 3. The molecule has 0 bridgehead atoms. The molecule has 0 saturated heterocycles. The summed E-state index contributed by atoms with van der Waals surface area (Å²) in [6, 6.07) is 8.08. The number of aromatic nitrogens is 3. The van der Waals surface area contributed by atoms with E-state index in [-0.39, 0.29) is 5.41 Å². The van der Waals surface area contributed by atoms with Gasteiger partial charge in [-0.25, -0.2) is 0 Å². The molecule has 1 heterocycles. The van der Waals surface area contributed by atoms with Crippen molar-refractivity contribution in [3.05, 3.63) is 45.4 Å². The number of halogens is 2. The fourth-order valence-corrected chi connectivity index (χ4v) is 2.36. The highest BCUT2D eigenvalue weighted by Crippen LogP contribution is 2.25. The minimum Gasteiger partial charge on any atom is -0.297 e. The Morgan fingerprint density at radius 3 is 2.50 bits per heavy atom. The Morgan fingerprint density at radius 2 is 1.89 bits per heavy atom. The summed E-state index contributed by atoms with van der Waals surface area (Å²) in [6.45, 7) is 6.97. The number of hydrogen-bond donors (Lipinski definition) is 0. The molecule has 0 fully saturated rings. The molecule has 96 valence electrons. The summed E-state index contributed by atoms with van der Waals surface area (Å²) in [4.78, 5) is 0. The third-order valence-electron chi connectivity index (χ3n) is 2.66. The Hall–Kier alpha value is -0.870. The second kappa shape index (κ2) is 5.02. The fourth-order valence-electron chi connectivity index (χ4n) is 1.78. The predicted octanol–water partition coefficient (Wildman–Crippen LogP) is 4.04. The Morgan fingerprint density at radius 1 is 1.22 bits per heavy atom. The monoisotopic (exact) mass is 327 g/mol. The van der Waals surface area contributed by atoms with Crippen LogP contribution in [0, 0.1) is 0 Å². The van der Waals surface area contributed by atoms with Crippen molar-refractivity contribution in [2.45, 2.75) is 32.7 Å². The van der Waals surface area contributed by atoms with Crippen LogP contribution in [-0.4, -0.2) is 14.8 Å². The molecule has 0 aliphatic heterocycles. The summed E-state index contributed by atoms with van der Waals surface area (Å²) in [7, 11) is 0. The molecule has 0 unspecified atom stereocenters. The number of benzene rings is 1. The van der Waals surface area contributed by atoms with E-state index in [9.17, 15) is 0 Å². The van der Waals surface area contributed by atoms with Crippen molar-refractivity contribution < 1.29 is 0 Å². The average molecular weight is 329 g/mol. The lowest BCUT2D eigenvalue weighted by Crippen LogP contribution is -2.19. The number of rotatable bonds is 2. The summed E-state index contributed by atoms with van der Waals surface area (Å²) in [6.07, 6.45) is 0. The molecule has 3 nitrogen and oxygen atoms in total. The van der Waals surface area contributed by atoms with E-state index in [0.29, 0.717) is 11.8 Å². The summed E-state index contributed by atoms with van der Waals surface area (Å²) in [5.74, 6) is 0.892. The second-order valence-electron chi connectivity index (χ2n) is 5.22. The van der Waals surface area contributed by atoms with Gasteiger partial charge in [-0.15, -0.1) is 10.2 Å². The van der Waals surface area contributed by atoms with Crippen molar-refractivity contribution in [1.82, 2.24) is 14.8 Å². The third kappa shape index (κ3) is 2.75. The Balaban J connectivity index is 2.41. The maximum absolute atomic E-state index is 6.13. The van der Waals surface area contributed by atoms with Crippen molar-refractivity contribution in [2.24, 2.45) is 0 Å². The first-order chi connectivity index (χ1) is 8.39. The standard InChI is InChI=1S/C13H15BrClN3/c1-13(2,3)11-16-17-12(15)18(11)8-9-6-4-5-7-10(9)14/h4-7H,8H2,1-3H3. The van der Waals surface area contributed by atoms with Crippen LogP contribution < -0.4 is 0 Å². The zero-order valence-corrected chi connectivity index (χ0v) is 13.0. The molecular formula is C13H15BrClN3. The van der Waals surface area contributed by atoms with Crippen LogP contribution in [0.2, 0.25) is 5.28 Å². The van der Waals surface area contributed by atoms with Gasteiger partial charge in [-0.2, -0.15) is 0 Å². The van der Waals surface area contributed by atoms with E-state index < -0.39 is 0 Å². The van der Waals surface area contributed by atoms with Crippen LogP contribution in [0.1, 0.15) is 32.2 Å². The molecule has 1 aromatic heterocycles. The normalized spacial score (nSPS) is 11.8. The van der Waals surface area contributed by atoms with Gasteiger partial charge in [0.2, 0.25) is 5.28 Å². The van der Waals surface area contributed by atoms with Crippen molar-refractivity contribution in [3.8, 4) is 0 Å². The van der Waals surface area contributed by atoms with E-state index in [2.05, 4.69) is 53.0 Å². The van der Waals surface area contributed by atoms with Gasteiger partial charge in [-0.3, -0.25) is 4.57 Å². The van der Waals surface area contributed by atoms with Crippen LogP contribution in [0.5, 0.6) is 0 Å². The molecular weight excluding hydrogens is 314 g/mol. The zero-order valence-electron chi connectivity index (χ0n) is 10.6. The molecule has 0 radical (unpaired) electrons. The first-order valence-corrected chi connectivity index (χ1v) is 6.89. The van der Waals surface area contributed by atoms with Crippen LogP contribution in [-0.2, 0) is 12.0 Å². The lowest BCUT2D eigenvalue weighted by molar-refractivity contribution is 0.509. The van der Waals surface area contributed by atoms with Crippen molar-refractivity contribution >= 4 is 27.5 Å². The average Bonchev–Trinajstić information content (AvgIpc) is 2.63. The van der Waals surface area contributed by atoms with Crippen molar-refractivity contribution in [3.63, 3.8) is 0 Å². The molecule has 0 aliphatic rings. The molecule has 2 rings (SSSR count). The largest absolute Gasteiger partial charge is 0.297 e. The van der Waals surface area contributed by atoms with Crippen LogP contribution in [0.3, 0.4) is 0 Å². The summed E-state index contributed by atoms with van der Waals surface area (Å²) >= 11 is 9.67. The molecule has 0 spiro atoms. The van der Waals surface area contributed by atoms with E-state index in [4.69, 9.17) is 11.6 Å². The maximum atomic E-state index is 6.13. The summed E-state index contributed by atoms with van der Waals surface area (Å²) in [5, 5.41) is 8.58. The molecule has 18 heavy (non-hydrogen) atoms. The summed E-state index contributed by atoms with van der Waals surface area (Å²) in [5.41, 5.74) is 1.08. The predicted molar refractivity (Wildman–Crippen MR) is 77.0 cm³/mol. The van der Waals surface area contributed by atoms with Gasteiger partial charge in [0.15, 0.2) is 0 Å². The Kier molecular flexibility index (Phi) is 3.78. The van der Waals surface area contributed by atoms with Gasteiger partial charge < -0.3 is 0 Å². The third-order valence-corrected chi connectivity index (χ3v) is 3.72. The van der Waals surface area contributed by atoms with Crippen molar-refractivity contribution in [2.75, 3.05) is 0 Å². The van der Waals surface area contributed by atoms with Gasteiger partial charge in [0.05, 0.1) is 6.54 Å². The molecule has 5 heteroatoms. The highest BCUT2D eigenvalue weighted by Gasteiger charge is 2.23. The molecule has 2 aromatic rings. The van der Waals surface area contributed by atoms with Gasteiger partial charge in [-0.1, -0.05) is 54.9 Å². The maximum Gasteiger partial charge on any atom is 0.225 e. The van der Waals surface area contributed by atoms with E-state index in [0.717, 1.165) is 15.9 Å². The van der Waals surface area contributed by atoms with Gasteiger partial charge in [0.25, 0.3) is 0 Å². The second-order valence-corrected chi connectivity index (χ2v) is 6.41. The van der Waals surface area contributed by atoms with E-state index in [1.165, 1.54) is 0 Å². The molecule has 0 N–H and O–H groups in total. The first kappa shape index (κ1) is 13.6. The van der Waals surface area contributed by atoms with Crippen LogP contribution in [0.15, 0.2) is 28.7 Å². The molecule has 0 aliphatic carbocycles. The van der Waals surface area contributed by atoms with Gasteiger partial charge >= 0.3 is 0 Å². The molecule has 0 saturated carbocycles. The highest BCUT2D eigenvalue weighted by atomic mass is 79.9. The SMILES string of the molecule is CC(C)(C)c1nnc(Cl)n1Cc1ccccc1Br. The minimum absolute atomic E-state index is 0.0819. The van der Waals surface area contributed by atoms with Crippen molar-refractivity contribution in [1.29, 1.82) is 0 Å². The van der Waals surface area contributed by atoms with Crippen LogP contribution in [0.25, 0.3) is 0 Å². The van der Waals surface area contributed by atoms with Crippen LogP contribution >= 0.6 is 27.5 Å². The fraction of sp³-hybridized carbons (Fsp3) is 0.385. The first-order valence-electron chi connectivity index (χ1n) is 5.72. The zero-order chi connectivity index (χ0) is 13.3. The molecule has 1 aromatic carbocycles. The smallest absolute Gasteiger partial charge is 0.225 e. The summed E-state index contributed by atoms with van der Waals surface area (Å²) < 4.78 is 3.01. The lowest BCUT2D eigenvalue weighted by Gasteiger charge is -2.19. The lowest BCUT2D eigenvalue weighted by atomic mass is 9.95. The minimum atomic E-state index is -0.0819. The highest BCUT2D eigenvalue weighted by molar-refractivity contribution is 9.10. The molecule has 0 amide bonds. The van der Waals surface area contributed by atoms with E-state index in [1.807, 2.05) is 22.8 Å². The topological polar surface area (TPSA) is 30.7 Å². The van der Waals surface area contributed by atoms with Crippen LogP contribution in [0.4, 0.5) is 0 Å². The Bertz CT molecular complexity index is 558. The Labute approximate surface area is 120 Å². The number of hydrogen-bond acceptors (Lipinski definition) is 2. The van der Waals surface area contributed by atoms with Gasteiger partial charge in [0, 0.05) is 9.89 Å². The quantitative estimate of drug-likeness (QED) is 0.833. The van der Waals surface area contributed by atoms with Gasteiger partial charge in [0.1, 0.15) is 5.82 Å². The molecule has 0 atom stereocenters. The van der Waals surface area contributed by atoms with E-state index in [1.54, 1.807) is 0 Å². The van der Waals surface area contributed by atoms with E-state index >= 15 is 0 Å². The van der Waals surface area contributed by atoms with Gasteiger partial charge in [-0.05, 0) is 23.2 Å².